The van der Waals surface area contributed by atoms with Crippen LogP contribution >= 0.6 is 45.3 Å². The first-order valence-electron chi connectivity index (χ1n) is 12.1. The Morgan fingerprint density at radius 3 is 1.75 bits per heavy atom. The topological polar surface area (TPSA) is 72.3 Å². The third-order valence-electron chi connectivity index (χ3n) is 5.47. The molecule has 0 fully saturated rings. The van der Waals surface area contributed by atoms with Crippen molar-refractivity contribution in [1.82, 2.24) is 9.97 Å². The van der Waals surface area contributed by atoms with Gasteiger partial charge in [0.25, 0.3) is 0 Å². The van der Waals surface area contributed by atoms with Crippen LogP contribution in [0, 0.1) is 13.8 Å². The van der Waals surface area contributed by atoms with Crippen LogP contribution < -0.4 is 0 Å². The second-order valence-corrected chi connectivity index (χ2v) is 12.6. The molecule has 4 aromatic heterocycles. The smallest absolute Gasteiger partial charge is 0.305 e. The number of hydrogen-bond donors (Lipinski definition) is 1. The third-order valence-corrected chi connectivity index (χ3v) is 9.21. The lowest BCUT2D eigenvalue weighted by Crippen LogP contribution is -2.00. The predicted molar refractivity (Wildman–Crippen MR) is 153 cm³/mol. The summed E-state index contributed by atoms with van der Waals surface area (Å²) in [6, 6.07) is 4.45. The standard InChI is InChI=1S/C14H17NO2S2.C13H17NOS2/c1-10-15-12(9-18-10)4-3-11-7-13(19-8-11)5-6-14(16)17-2;1-10-14-12(9-16-10)5-4-11-7-13(17-8-11)3-2-6-15/h7-9H,3-6H2,1-2H3;7-9,15H,2-6H2,1H3. The van der Waals surface area contributed by atoms with E-state index in [0.717, 1.165) is 55.0 Å². The van der Waals surface area contributed by atoms with E-state index in [-0.39, 0.29) is 12.6 Å². The predicted octanol–water partition coefficient (Wildman–Crippen LogP) is 6.63. The van der Waals surface area contributed by atoms with Gasteiger partial charge < -0.3 is 9.84 Å². The van der Waals surface area contributed by atoms with E-state index in [1.807, 2.05) is 13.8 Å². The van der Waals surface area contributed by atoms with Gasteiger partial charge in [-0.05, 0) is 92.8 Å². The van der Waals surface area contributed by atoms with E-state index in [2.05, 4.69) is 48.4 Å². The van der Waals surface area contributed by atoms with Crippen molar-refractivity contribution in [2.75, 3.05) is 13.7 Å². The Morgan fingerprint density at radius 1 is 0.778 bits per heavy atom. The molecule has 0 unspecified atom stereocenters. The Kier molecular flexibility index (Phi) is 12.2. The lowest BCUT2D eigenvalue weighted by molar-refractivity contribution is -0.140. The third kappa shape index (κ3) is 10.2. The monoisotopic (exact) mass is 562 g/mol. The molecule has 0 aliphatic heterocycles. The zero-order valence-electron chi connectivity index (χ0n) is 21.1. The van der Waals surface area contributed by atoms with Gasteiger partial charge >= 0.3 is 5.97 Å². The first-order valence-corrected chi connectivity index (χ1v) is 15.6. The van der Waals surface area contributed by atoms with Crippen molar-refractivity contribution >= 4 is 51.3 Å². The normalized spacial score (nSPS) is 10.8. The number of rotatable bonds is 12. The van der Waals surface area contributed by atoms with Gasteiger partial charge in [-0.25, -0.2) is 9.97 Å². The molecular weight excluding hydrogens is 529 g/mol. The Balaban J connectivity index is 0.000000202. The van der Waals surface area contributed by atoms with Gasteiger partial charge in [0.05, 0.1) is 34.9 Å². The molecule has 0 aromatic carbocycles. The van der Waals surface area contributed by atoms with Crippen LogP contribution in [-0.2, 0) is 48.1 Å². The number of methoxy groups -OCH3 is 1. The lowest BCUT2D eigenvalue weighted by atomic mass is 10.1. The van der Waals surface area contributed by atoms with E-state index in [9.17, 15) is 4.79 Å². The number of carbonyl (C=O) groups is 1. The Labute approximate surface area is 229 Å². The largest absolute Gasteiger partial charge is 0.469 e. The molecule has 0 aliphatic rings. The number of aliphatic hydroxyl groups is 1. The summed E-state index contributed by atoms with van der Waals surface area (Å²) in [5.41, 5.74) is 5.10. The Bertz CT molecular complexity index is 1190. The van der Waals surface area contributed by atoms with E-state index < -0.39 is 0 Å². The van der Waals surface area contributed by atoms with Crippen LogP contribution in [0.4, 0.5) is 0 Å². The highest BCUT2D eigenvalue weighted by molar-refractivity contribution is 7.10. The van der Waals surface area contributed by atoms with Crippen LogP contribution in [0.25, 0.3) is 0 Å². The minimum atomic E-state index is -0.145. The quantitative estimate of drug-likeness (QED) is 0.196. The molecule has 0 spiro atoms. The molecule has 36 heavy (non-hydrogen) atoms. The highest BCUT2D eigenvalue weighted by atomic mass is 32.1. The zero-order valence-corrected chi connectivity index (χ0v) is 24.4. The molecule has 9 heteroatoms. The van der Waals surface area contributed by atoms with Crippen molar-refractivity contribution in [3.8, 4) is 0 Å². The van der Waals surface area contributed by atoms with Gasteiger partial charge in [0.2, 0.25) is 0 Å². The maximum atomic E-state index is 11.1. The fourth-order valence-electron chi connectivity index (χ4n) is 3.55. The molecule has 0 bridgehead atoms. The van der Waals surface area contributed by atoms with Gasteiger partial charge in [-0.15, -0.1) is 45.3 Å². The van der Waals surface area contributed by atoms with Gasteiger partial charge in [0, 0.05) is 27.1 Å². The summed E-state index contributed by atoms with van der Waals surface area (Å²) in [6.45, 7) is 4.36. The number of thiazole rings is 2. The van der Waals surface area contributed by atoms with Crippen LogP contribution in [0.1, 0.15) is 55.1 Å². The van der Waals surface area contributed by atoms with Crippen molar-refractivity contribution in [1.29, 1.82) is 0 Å². The molecule has 4 heterocycles. The summed E-state index contributed by atoms with van der Waals surface area (Å²) >= 11 is 6.94. The summed E-state index contributed by atoms with van der Waals surface area (Å²) in [7, 11) is 1.43. The van der Waals surface area contributed by atoms with Crippen LogP contribution in [0.2, 0.25) is 0 Å². The summed E-state index contributed by atoms with van der Waals surface area (Å²) in [5, 5.41) is 19.7. The minimum absolute atomic E-state index is 0.145. The molecule has 194 valence electrons. The SMILES string of the molecule is COC(=O)CCc1cc(CCc2csc(C)n2)cs1.Cc1nc(CCc2csc(CCCO)c2)cs1. The summed E-state index contributed by atoms with van der Waals surface area (Å²) in [6.07, 6.45) is 7.19. The summed E-state index contributed by atoms with van der Waals surface area (Å²) < 4.78 is 4.64. The summed E-state index contributed by atoms with van der Waals surface area (Å²) in [4.78, 5) is 22.6. The fourth-order valence-corrected chi connectivity index (χ4v) is 6.74. The van der Waals surface area contributed by atoms with Crippen LogP contribution in [-0.4, -0.2) is 34.8 Å². The average molecular weight is 563 g/mol. The molecule has 4 rings (SSSR count). The first-order chi connectivity index (χ1) is 17.4. The average Bonchev–Trinajstić information content (AvgIpc) is 3.68. The number of thiophene rings is 2. The number of nitrogens with zero attached hydrogens (tertiary/aromatic N) is 2. The van der Waals surface area contributed by atoms with Crippen molar-refractivity contribution in [2.45, 2.75) is 65.2 Å². The van der Waals surface area contributed by atoms with Gasteiger partial charge in [-0.3, -0.25) is 4.79 Å². The number of aliphatic hydroxyl groups excluding tert-OH is 1. The molecule has 0 radical (unpaired) electrons. The Hall–Kier alpha value is -1.91. The first kappa shape index (κ1) is 28.7. The maximum Gasteiger partial charge on any atom is 0.305 e. The number of esters is 1. The van der Waals surface area contributed by atoms with E-state index in [1.165, 1.54) is 39.4 Å². The van der Waals surface area contributed by atoms with E-state index in [1.54, 1.807) is 45.3 Å². The molecule has 4 aromatic rings. The van der Waals surface area contributed by atoms with E-state index in [0.29, 0.717) is 6.42 Å². The molecule has 0 aliphatic carbocycles. The van der Waals surface area contributed by atoms with Gasteiger partial charge in [0.15, 0.2) is 0 Å². The lowest BCUT2D eigenvalue weighted by Gasteiger charge is -1.96. The second-order valence-electron chi connectivity index (χ2n) is 8.46. The number of carbonyl (C=O) groups excluding carboxylic acids is 1. The van der Waals surface area contributed by atoms with Crippen LogP contribution in [0.5, 0.6) is 0 Å². The van der Waals surface area contributed by atoms with Crippen molar-refractivity contribution in [2.24, 2.45) is 0 Å². The molecule has 1 N–H and O–H groups in total. The van der Waals surface area contributed by atoms with Gasteiger partial charge in [-0.2, -0.15) is 0 Å². The number of ether oxygens (including phenoxy) is 1. The van der Waals surface area contributed by atoms with Crippen LogP contribution in [0.15, 0.2) is 33.7 Å². The van der Waals surface area contributed by atoms with E-state index in [4.69, 9.17) is 5.11 Å². The number of aromatic nitrogens is 2. The zero-order chi connectivity index (χ0) is 25.8. The number of aryl methyl sites for hydroxylation is 8. The van der Waals surface area contributed by atoms with Gasteiger partial charge in [-0.1, -0.05) is 0 Å². The molecule has 0 saturated carbocycles. The van der Waals surface area contributed by atoms with Crippen molar-refractivity contribution in [3.05, 3.63) is 75.9 Å². The molecule has 5 nitrogen and oxygen atoms in total. The number of hydrogen-bond acceptors (Lipinski definition) is 9. The van der Waals surface area contributed by atoms with Crippen LogP contribution in [0.3, 0.4) is 0 Å². The molecule has 0 amide bonds. The summed E-state index contributed by atoms with van der Waals surface area (Å²) in [5.74, 6) is -0.145. The highest BCUT2D eigenvalue weighted by Crippen LogP contribution is 2.20. The van der Waals surface area contributed by atoms with E-state index >= 15 is 0 Å². The minimum Gasteiger partial charge on any atom is -0.469 e. The van der Waals surface area contributed by atoms with Crippen molar-refractivity contribution in [3.63, 3.8) is 0 Å². The molecule has 0 atom stereocenters. The van der Waals surface area contributed by atoms with Gasteiger partial charge in [0.1, 0.15) is 0 Å². The maximum absolute atomic E-state index is 11.1. The fraction of sp³-hybridized carbons (Fsp3) is 0.444. The highest BCUT2D eigenvalue weighted by Gasteiger charge is 2.06. The van der Waals surface area contributed by atoms with Crippen molar-refractivity contribution < 1.29 is 14.6 Å². The molecule has 0 saturated heterocycles. The second kappa shape index (κ2) is 15.4. The molecular formula is C27H34N2O3S4. The Morgan fingerprint density at radius 2 is 1.31 bits per heavy atom.